The van der Waals surface area contributed by atoms with E-state index in [1.54, 1.807) is 45.7 Å². The van der Waals surface area contributed by atoms with Crippen LogP contribution in [0.1, 0.15) is 29.4 Å². The fourth-order valence-corrected chi connectivity index (χ4v) is 3.57. The maximum Gasteiger partial charge on any atom is 0.273 e. The number of carbonyl (C=O) groups is 1. The lowest BCUT2D eigenvalue weighted by Crippen LogP contribution is -2.19. The smallest absolute Gasteiger partial charge is 0.273 e. The lowest BCUT2D eigenvalue weighted by Gasteiger charge is -2.22. The largest absolute Gasteiger partial charge is 0.493 e. The molecule has 0 radical (unpaired) electrons. The summed E-state index contributed by atoms with van der Waals surface area (Å²) in [6.45, 7) is 1.45. The van der Waals surface area contributed by atoms with E-state index in [0.29, 0.717) is 34.3 Å². The van der Waals surface area contributed by atoms with Crippen LogP contribution in [0.15, 0.2) is 30.6 Å². The van der Waals surface area contributed by atoms with Crippen molar-refractivity contribution in [2.45, 2.75) is 18.9 Å². The van der Waals surface area contributed by atoms with Crippen molar-refractivity contribution in [2.75, 3.05) is 39.9 Å². The highest BCUT2D eigenvalue weighted by Crippen LogP contribution is 2.40. The molecule has 31 heavy (non-hydrogen) atoms. The van der Waals surface area contributed by atoms with Crippen molar-refractivity contribution in [3.63, 3.8) is 0 Å². The minimum atomic E-state index is -0.308. The first-order chi connectivity index (χ1) is 15.1. The molecule has 3 heterocycles. The molecule has 2 N–H and O–H groups in total. The van der Waals surface area contributed by atoms with Crippen LogP contribution in [0.5, 0.6) is 17.2 Å². The van der Waals surface area contributed by atoms with Crippen LogP contribution in [0.25, 0.3) is 11.3 Å². The number of carbonyl (C=O) groups excluding carboxylic acids is 1. The molecule has 10 heteroatoms. The van der Waals surface area contributed by atoms with Gasteiger partial charge >= 0.3 is 0 Å². The summed E-state index contributed by atoms with van der Waals surface area (Å²) in [5.74, 6) is 1.19. The molecule has 2 aromatic heterocycles. The fourth-order valence-electron chi connectivity index (χ4n) is 3.57. The van der Waals surface area contributed by atoms with Gasteiger partial charge in [-0.3, -0.25) is 14.6 Å². The third-order valence-electron chi connectivity index (χ3n) is 5.21. The van der Waals surface area contributed by atoms with Gasteiger partial charge in [0.1, 0.15) is 5.69 Å². The second kappa shape index (κ2) is 9.09. The summed E-state index contributed by atoms with van der Waals surface area (Å²) in [4.78, 5) is 12.7. The number of methoxy groups -OCH3 is 3. The van der Waals surface area contributed by atoms with E-state index in [2.05, 4.69) is 20.6 Å². The Bertz CT molecular complexity index is 1030. The number of aromatic amines is 1. The van der Waals surface area contributed by atoms with Crippen molar-refractivity contribution in [2.24, 2.45) is 0 Å². The number of hydrogen-bond acceptors (Lipinski definition) is 7. The van der Waals surface area contributed by atoms with Gasteiger partial charge in [-0.2, -0.15) is 10.2 Å². The van der Waals surface area contributed by atoms with Crippen molar-refractivity contribution in [3.05, 3.63) is 36.3 Å². The van der Waals surface area contributed by atoms with Gasteiger partial charge in [0.25, 0.3) is 5.91 Å². The molecule has 0 saturated carbocycles. The number of anilines is 1. The third kappa shape index (κ3) is 4.33. The molecule has 164 valence electrons. The Morgan fingerprint density at radius 1 is 1.13 bits per heavy atom. The Balaban J connectivity index is 1.50. The van der Waals surface area contributed by atoms with Gasteiger partial charge in [0, 0.05) is 25.0 Å². The van der Waals surface area contributed by atoms with Crippen LogP contribution >= 0.6 is 0 Å². The summed E-state index contributed by atoms with van der Waals surface area (Å²) >= 11 is 0. The molecule has 10 nitrogen and oxygen atoms in total. The molecule has 1 saturated heterocycles. The van der Waals surface area contributed by atoms with Gasteiger partial charge in [0.15, 0.2) is 11.5 Å². The number of hydrogen-bond donors (Lipinski definition) is 2. The van der Waals surface area contributed by atoms with Crippen LogP contribution in [0.3, 0.4) is 0 Å². The number of rotatable bonds is 7. The molecule has 1 fully saturated rings. The van der Waals surface area contributed by atoms with Gasteiger partial charge in [0.05, 0.1) is 44.9 Å². The Morgan fingerprint density at radius 3 is 2.48 bits per heavy atom. The van der Waals surface area contributed by atoms with Crippen LogP contribution in [0.4, 0.5) is 5.69 Å². The number of nitrogens with one attached hydrogen (secondary N) is 2. The number of amides is 1. The Labute approximate surface area is 179 Å². The molecule has 4 rings (SSSR count). The highest BCUT2D eigenvalue weighted by molar-refractivity contribution is 6.03. The van der Waals surface area contributed by atoms with Gasteiger partial charge < -0.3 is 24.3 Å². The van der Waals surface area contributed by atoms with Gasteiger partial charge in [-0.25, -0.2) is 0 Å². The first-order valence-corrected chi connectivity index (χ1v) is 9.92. The predicted octanol–water partition coefficient (Wildman–Crippen LogP) is 2.90. The number of benzene rings is 1. The van der Waals surface area contributed by atoms with Crippen molar-refractivity contribution >= 4 is 11.6 Å². The summed E-state index contributed by atoms with van der Waals surface area (Å²) in [5.41, 5.74) is 2.24. The maximum atomic E-state index is 12.7. The zero-order valence-electron chi connectivity index (χ0n) is 17.7. The Hall–Kier alpha value is -3.53. The predicted molar refractivity (Wildman–Crippen MR) is 113 cm³/mol. The van der Waals surface area contributed by atoms with Crippen molar-refractivity contribution in [1.29, 1.82) is 0 Å². The number of ether oxygens (including phenoxy) is 4. The molecular weight excluding hydrogens is 402 g/mol. The first-order valence-electron chi connectivity index (χ1n) is 9.92. The maximum absolute atomic E-state index is 12.7. The van der Waals surface area contributed by atoms with Gasteiger partial charge in [-0.15, -0.1) is 0 Å². The SMILES string of the molecule is COc1cc(-c2cc(C(=O)Nc3cnn(C4CCOCC4)c3)[nH]n2)cc(OC)c1OC. The highest BCUT2D eigenvalue weighted by Gasteiger charge is 2.19. The standard InChI is InChI=1S/C21H25N5O5/c1-28-18-8-13(9-19(29-2)20(18)30-3)16-10-17(25-24-16)21(27)23-14-11-22-26(12-14)15-4-6-31-7-5-15/h8-12,15H,4-7H2,1-3H3,(H,23,27)(H,24,25). The summed E-state index contributed by atoms with van der Waals surface area (Å²) in [7, 11) is 4.64. The lowest BCUT2D eigenvalue weighted by atomic mass is 10.1. The molecule has 0 bridgehead atoms. The normalized spacial score (nSPS) is 14.3. The summed E-state index contributed by atoms with van der Waals surface area (Å²) < 4.78 is 23.4. The van der Waals surface area contributed by atoms with Crippen molar-refractivity contribution in [1.82, 2.24) is 20.0 Å². The van der Waals surface area contributed by atoms with Gasteiger partial charge in [0.2, 0.25) is 5.75 Å². The lowest BCUT2D eigenvalue weighted by molar-refractivity contribution is 0.0662. The number of nitrogens with zero attached hydrogens (tertiary/aromatic N) is 3. The van der Waals surface area contributed by atoms with Crippen LogP contribution in [-0.4, -0.2) is 60.4 Å². The number of H-pyrrole nitrogens is 1. The molecular formula is C21H25N5O5. The van der Waals surface area contributed by atoms with E-state index < -0.39 is 0 Å². The average molecular weight is 427 g/mol. The monoisotopic (exact) mass is 427 g/mol. The van der Waals surface area contributed by atoms with E-state index in [1.165, 1.54) is 0 Å². The van der Waals surface area contributed by atoms with E-state index >= 15 is 0 Å². The zero-order valence-corrected chi connectivity index (χ0v) is 17.7. The minimum absolute atomic E-state index is 0.290. The van der Waals surface area contributed by atoms with Crippen LogP contribution in [0.2, 0.25) is 0 Å². The zero-order chi connectivity index (χ0) is 21.8. The highest BCUT2D eigenvalue weighted by atomic mass is 16.5. The molecule has 1 aliphatic heterocycles. The van der Waals surface area contributed by atoms with Crippen LogP contribution in [0, 0.1) is 0 Å². The topological polar surface area (TPSA) is 113 Å². The summed E-state index contributed by atoms with van der Waals surface area (Å²) in [5, 5.41) is 14.3. The molecule has 0 unspecified atom stereocenters. The second-order valence-electron chi connectivity index (χ2n) is 7.09. The quantitative estimate of drug-likeness (QED) is 0.596. The fraction of sp³-hybridized carbons (Fsp3) is 0.381. The molecule has 0 spiro atoms. The van der Waals surface area contributed by atoms with Crippen LogP contribution < -0.4 is 19.5 Å². The van der Waals surface area contributed by atoms with Gasteiger partial charge in [-0.1, -0.05) is 0 Å². The minimum Gasteiger partial charge on any atom is -0.493 e. The van der Waals surface area contributed by atoms with E-state index in [0.717, 1.165) is 31.6 Å². The third-order valence-corrected chi connectivity index (χ3v) is 5.21. The van der Waals surface area contributed by atoms with Crippen molar-refractivity contribution < 1.29 is 23.7 Å². The van der Waals surface area contributed by atoms with E-state index in [-0.39, 0.29) is 11.9 Å². The molecule has 1 aromatic carbocycles. The summed E-state index contributed by atoms with van der Waals surface area (Å²) in [6.07, 6.45) is 5.30. The Morgan fingerprint density at radius 2 is 1.84 bits per heavy atom. The average Bonchev–Trinajstić information content (AvgIpc) is 3.49. The van der Waals surface area contributed by atoms with E-state index in [4.69, 9.17) is 18.9 Å². The van der Waals surface area contributed by atoms with E-state index in [1.807, 2.05) is 10.9 Å². The summed E-state index contributed by atoms with van der Waals surface area (Å²) in [6, 6.07) is 5.51. The second-order valence-corrected chi connectivity index (χ2v) is 7.09. The van der Waals surface area contributed by atoms with Gasteiger partial charge in [-0.05, 0) is 31.0 Å². The molecule has 0 atom stereocenters. The van der Waals surface area contributed by atoms with Crippen molar-refractivity contribution in [3.8, 4) is 28.5 Å². The van der Waals surface area contributed by atoms with Crippen LogP contribution in [-0.2, 0) is 4.74 Å². The first kappa shape index (κ1) is 20.7. The molecule has 0 aliphatic carbocycles. The number of aromatic nitrogens is 4. The molecule has 1 aliphatic rings. The Kier molecular flexibility index (Phi) is 6.08. The molecule has 3 aromatic rings. The molecule has 1 amide bonds. The van der Waals surface area contributed by atoms with E-state index in [9.17, 15) is 4.79 Å².